The molecule has 6 nitrogen and oxygen atoms in total. The van der Waals surface area contributed by atoms with Gasteiger partial charge in [0.25, 0.3) is 5.91 Å². The fourth-order valence-corrected chi connectivity index (χ4v) is 5.05. The van der Waals surface area contributed by atoms with E-state index in [2.05, 4.69) is 0 Å². The molecule has 5 aromatic carbocycles. The van der Waals surface area contributed by atoms with Crippen molar-refractivity contribution in [1.29, 1.82) is 0 Å². The maximum Gasteiger partial charge on any atom is 0.416 e. The number of amides is 1. The molecule has 5 rings (SSSR count). The SMILES string of the molecule is CN(Cc1cccc(-c2ccc(CCC(=O)O)cc2OCc2cccc(C(F)(F)F)c2)c1)C(=O)c1cccc(Oc2ccccc2)c1. The number of para-hydroxylation sites is 1. The number of hydrogen-bond donors (Lipinski definition) is 1. The fourth-order valence-electron chi connectivity index (χ4n) is 5.05. The van der Waals surface area contributed by atoms with Crippen molar-refractivity contribution < 1.29 is 37.3 Å². The number of carboxylic acids is 1. The zero-order valence-electron chi connectivity index (χ0n) is 25.5. The number of benzene rings is 5. The number of nitrogens with zero attached hydrogens (tertiary/aromatic N) is 1. The second kappa shape index (κ2) is 14.7. The van der Waals surface area contributed by atoms with Gasteiger partial charge in [-0.3, -0.25) is 9.59 Å². The van der Waals surface area contributed by atoms with Crippen LogP contribution in [0.5, 0.6) is 17.2 Å². The quantitative estimate of drug-likeness (QED) is 0.147. The Morgan fingerprint density at radius 1 is 0.745 bits per heavy atom. The summed E-state index contributed by atoms with van der Waals surface area (Å²) >= 11 is 0. The van der Waals surface area contributed by atoms with Gasteiger partial charge < -0.3 is 19.5 Å². The first-order valence-electron chi connectivity index (χ1n) is 14.9. The topological polar surface area (TPSA) is 76.1 Å². The molecular weight excluding hydrogens is 607 g/mol. The molecule has 0 spiro atoms. The van der Waals surface area contributed by atoms with Crippen molar-refractivity contribution >= 4 is 11.9 Å². The zero-order valence-corrected chi connectivity index (χ0v) is 25.5. The highest BCUT2D eigenvalue weighted by Gasteiger charge is 2.30. The average molecular weight is 640 g/mol. The first-order valence-corrected chi connectivity index (χ1v) is 14.9. The number of halogens is 3. The number of hydrogen-bond acceptors (Lipinski definition) is 4. The predicted octanol–water partition coefficient (Wildman–Crippen LogP) is 9.03. The van der Waals surface area contributed by atoms with Gasteiger partial charge in [0.05, 0.1) is 5.56 Å². The second-order valence-corrected chi connectivity index (χ2v) is 11.0. The van der Waals surface area contributed by atoms with Gasteiger partial charge in [-0.2, -0.15) is 13.2 Å². The van der Waals surface area contributed by atoms with E-state index in [9.17, 15) is 22.8 Å². The Morgan fingerprint density at radius 2 is 1.47 bits per heavy atom. The second-order valence-electron chi connectivity index (χ2n) is 11.0. The van der Waals surface area contributed by atoms with Crippen molar-refractivity contribution in [3.05, 3.63) is 149 Å². The molecule has 0 bridgehead atoms. The van der Waals surface area contributed by atoms with E-state index in [1.807, 2.05) is 66.7 Å². The molecule has 0 aromatic heterocycles. The van der Waals surface area contributed by atoms with Crippen LogP contribution in [0.4, 0.5) is 13.2 Å². The van der Waals surface area contributed by atoms with Crippen LogP contribution in [-0.2, 0) is 30.5 Å². The van der Waals surface area contributed by atoms with Crippen LogP contribution in [0.2, 0.25) is 0 Å². The Kier molecular flexibility index (Phi) is 10.3. The number of aliphatic carboxylic acids is 1. The number of carbonyl (C=O) groups excluding carboxylic acids is 1. The van der Waals surface area contributed by atoms with Crippen molar-refractivity contribution in [1.82, 2.24) is 4.90 Å². The van der Waals surface area contributed by atoms with E-state index >= 15 is 0 Å². The number of carboxylic acid groups (broad SMARTS) is 1. The molecule has 1 N–H and O–H groups in total. The molecular formula is C38H32F3NO5. The minimum absolute atomic E-state index is 0.0798. The maximum atomic E-state index is 13.4. The van der Waals surface area contributed by atoms with Crippen molar-refractivity contribution in [2.75, 3.05) is 7.05 Å². The molecule has 0 fully saturated rings. The molecule has 0 unspecified atom stereocenters. The van der Waals surface area contributed by atoms with Gasteiger partial charge in [0, 0.05) is 31.1 Å². The van der Waals surface area contributed by atoms with E-state index in [1.54, 1.807) is 48.3 Å². The number of alkyl halides is 3. The van der Waals surface area contributed by atoms with E-state index in [-0.39, 0.29) is 25.4 Å². The molecule has 0 radical (unpaired) electrons. The third-order valence-corrected chi connectivity index (χ3v) is 7.39. The van der Waals surface area contributed by atoms with Gasteiger partial charge in [-0.05, 0) is 83.3 Å². The smallest absolute Gasteiger partial charge is 0.416 e. The van der Waals surface area contributed by atoms with Crippen LogP contribution in [0.25, 0.3) is 11.1 Å². The van der Waals surface area contributed by atoms with Crippen molar-refractivity contribution in [2.24, 2.45) is 0 Å². The van der Waals surface area contributed by atoms with Gasteiger partial charge in [-0.1, -0.05) is 66.7 Å². The highest BCUT2D eigenvalue weighted by Crippen LogP contribution is 2.34. The first kappa shape index (κ1) is 32.8. The van der Waals surface area contributed by atoms with Crippen LogP contribution >= 0.6 is 0 Å². The Hall–Kier alpha value is -5.57. The first-order chi connectivity index (χ1) is 22.5. The van der Waals surface area contributed by atoms with Crippen molar-refractivity contribution in [2.45, 2.75) is 32.2 Å². The summed E-state index contributed by atoms with van der Waals surface area (Å²) in [6, 6.07) is 34.1. The largest absolute Gasteiger partial charge is 0.488 e. The van der Waals surface area contributed by atoms with Crippen LogP contribution in [-0.4, -0.2) is 28.9 Å². The minimum atomic E-state index is -4.48. The Balaban J connectivity index is 1.35. The van der Waals surface area contributed by atoms with E-state index in [1.165, 1.54) is 6.07 Å². The molecule has 0 saturated heterocycles. The summed E-state index contributed by atoms with van der Waals surface area (Å²) in [5.74, 6) is 0.475. The summed E-state index contributed by atoms with van der Waals surface area (Å²) in [7, 11) is 1.71. The summed E-state index contributed by atoms with van der Waals surface area (Å²) in [5.41, 5.74) is 3.05. The standard InChI is InChI=1S/C38H32F3NO5/c1-42(37(45)30-11-7-15-33(23-30)47-32-13-3-2-4-14-32)24-27-8-5-10-29(20-27)34-18-16-26(17-19-36(43)44)22-35(34)46-25-28-9-6-12-31(21-28)38(39,40)41/h2-16,18,20-23H,17,19,24-25H2,1H3,(H,43,44). The Morgan fingerprint density at radius 3 is 2.23 bits per heavy atom. The fraction of sp³-hybridized carbons (Fsp3) is 0.158. The molecule has 0 saturated carbocycles. The molecule has 0 heterocycles. The summed E-state index contributed by atoms with van der Waals surface area (Å²) in [5, 5.41) is 9.15. The summed E-state index contributed by atoms with van der Waals surface area (Å²) in [6.45, 7) is 0.177. The van der Waals surface area contributed by atoms with E-state index in [0.29, 0.717) is 40.5 Å². The lowest BCUT2D eigenvalue weighted by Crippen LogP contribution is -2.26. The average Bonchev–Trinajstić information content (AvgIpc) is 3.06. The number of aryl methyl sites for hydroxylation is 1. The third kappa shape index (κ3) is 9.00. The summed E-state index contributed by atoms with van der Waals surface area (Å²) < 4.78 is 51.8. The molecule has 0 aliphatic rings. The maximum absolute atomic E-state index is 13.4. The molecule has 47 heavy (non-hydrogen) atoms. The third-order valence-electron chi connectivity index (χ3n) is 7.39. The minimum Gasteiger partial charge on any atom is -0.488 e. The summed E-state index contributed by atoms with van der Waals surface area (Å²) in [6.07, 6.45) is -4.30. The molecule has 0 aliphatic carbocycles. The van der Waals surface area contributed by atoms with Gasteiger partial charge in [-0.15, -0.1) is 0 Å². The molecule has 5 aromatic rings. The highest BCUT2D eigenvalue weighted by atomic mass is 19.4. The molecule has 0 aliphatic heterocycles. The van der Waals surface area contributed by atoms with Gasteiger partial charge in [0.15, 0.2) is 0 Å². The van der Waals surface area contributed by atoms with Crippen molar-refractivity contribution in [3.8, 4) is 28.4 Å². The Bertz CT molecular complexity index is 1860. The van der Waals surface area contributed by atoms with Crippen LogP contribution in [0.3, 0.4) is 0 Å². The van der Waals surface area contributed by atoms with Gasteiger partial charge >= 0.3 is 12.1 Å². The van der Waals surface area contributed by atoms with E-state index < -0.39 is 17.7 Å². The lowest BCUT2D eigenvalue weighted by molar-refractivity contribution is -0.138. The van der Waals surface area contributed by atoms with Crippen LogP contribution in [0, 0.1) is 0 Å². The van der Waals surface area contributed by atoms with E-state index in [0.717, 1.165) is 28.8 Å². The predicted molar refractivity (Wildman–Crippen MR) is 172 cm³/mol. The normalized spacial score (nSPS) is 11.1. The number of rotatable bonds is 12. The highest BCUT2D eigenvalue weighted by molar-refractivity contribution is 5.94. The molecule has 9 heteroatoms. The lowest BCUT2D eigenvalue weighted by atomic mass is 9.99. The van der Waals surface area contributed by atoms with Gasteiger partial charge in [0.2, 0.25) is 0 Å². The van der Waals surface area contributed by atoms with Crippen LogP contribution in [0.1, 0.15) is 39.0 Å². The molecule has 0 atom stereocenters. The zero-order chi connectivity index (χ0) is 33.4. The van der Waals surface area contributed by atoms with Crippen LogP contribution < -0.4 is 9.47 Å². The monoisotopic (exact) mass is 639 g/mol. The lowest BCUT2D eigenvalue weighted by Gasteiger charge is -2.19. The number of carbonyl (C=O) groups is 2. The Labute approximate surface area is 270 Å². The van der Waals surface area contributed by atoms with Crippen LogP contribution in [0.15, 0.2) is 121 Å². The van der Waals surface area contributed by atoms with Gasteiger partial charge in [0.1, 0.15) is 23.9 Å². The molecule has 1 amide bonds. The summed E-state index contributed by atoms with van der Waals surface area (Å²) in [4.78, 5) is 26.1. The van der Waals surface area contributed by atoms with E-state index in [4.69, 9.17) is 14.6 Å². The molecule has 240 valence electrons. The van der Waals surface area contributed by atoms with Crippen molar-refractivity contribution in [3.63, 3.8) is 0 Å². The number of ether oxygens (including phenoxy) is 2. The van der Waals surface area contributed by atoms with Gasteiger partial charge in [-0.25, -0.2) is 0 Å².